The molecule has 0 saturated carbocycles. The molecule has 0 fully saturated rings. The lowest BCUT2D eigenvalue weighted by Crippen LogP contribution is -2.02. The SMILES string of the molecule is CCOC(=O)/C=C(\F)Oc1ccccc1. The highest BCUT2D eigenvalue weighted by molar-refractivity contribution is 5.82. The monoisotopic (exact) mass is 210 g/mol. The fourth-order valence-electron chi connectivity index (χ4n) is 0.907. The van der Waals surface area contributed by atoms with E-state index in [1.54, 1.807) is 37.3 Å². The minimum atomic E-state index is -0.986. The van der Waals surface area contributed by atoms with Crippen molar-refractivity contribution in [2.24, 2.45) is 0 Å². The van der Waals surface area contributed by atoms with Gasteiger partial charge in [-0.25, -0.2) is 4.79 Å². The number of carbonyl (C=O) groups is 1. The van der Waals surface area contributed by atoms with Crippen molar-refractivity contribution in [1.29, 1.82) is 0 Å². The highest BCUT2D eigenvalue weighted by atomic mass is 19.1. The Hall–Kier alpha value is -1.84. The number of esters is 1. The van der Waals surface area contributed by atoms with Gasteiger partial charge in [0.2, 0.25) is 0 Å². The first-order valence-electron chi connectivity index (χ1n) is 4.49. The maximum absolute atomic E-state index is 13.0. The largest absolute Gasteiger partial charge is 0.463 e. The van der Waals surface area contributed by atoms with Crippen molar-refractivity contribution in [3.05, 3.63) is 42.4 Å². The second-order valence-electron chi connectivity index (χ2n) is 2.62. The molecule has 15 heavy (non-hydrogen) atoms. The Balaban J connectivity index is 2.55. The number of hydrogen-bond donors (Lipinski definition) is 0. The normalized spacial score (nSPS) is 10.9. The molecule has 0 heterocycles. The molecule has 0 amide bonds. The average molecular weight is 210 g/mol. The van der Waals surface area contributed by atoms with E-state index in [0.29, 0.717) is 11.8 Å². The molecular weight excluding hydrogens is 199 g/mol. The highest BCUT2D eigenvalue weighted by Gasteiger charge is 2.03. The topological polar surface area (TPSA) is 35.5 Å². The highest BCUT2D eigenvalue weighted by Crippen LogP contribution is 2.13. The number of rotatable bonds is 4. The molecule has 3 nitrogen and oxygen atoms in total. The van der Waals surface area contributed by atoms with Crippen LogP contribution in [0.3, 0.4) is 0 Å². The van der Waals surface area contributed by atoms with E-state index in [9.17, 15) is 9.18 Å². The summed E-state index contributed by atoms with van der Waals surface area (Å²) in [7, 11) is 0. The molecule has 0 aliphatic rings. The zero-order valence-corrected chi connectivity index (χ0v) is 8.27. The van der Waals surface area contributed by atoms with Crippen molar-refractivity contribution in [3.8, 4) is 5.75 Å². The van der Waals surface area contributed by atoms with Gasteiger partial charge in [0.1, 0.15) is 5.75 Å². The summed E-state index contributed by atoms with van der Waals surface area (Å²) < 4.78 is 22.2. The fourth-order valence-corrected chi connectivity index (χ4v) is 0.907. The molecule has 0 bridgehead atoms. The van der Waals surface area contributed by atoms with Crippen LogP contribution < -0.4 is 4.74 Å². The van der Waals surface area contributed by atoms with Gasteiger partial charge in [0.25, 0.3) is 6.01 Å². The van der Waals surface area contributed by atoms with Gasteiger partial charge in [-0.2, -0.15) is 4.39 Å². The first-order valence-corrected chi connectivity index (χ1v) is 4.49. The van der Waals surface area contributed by atoms with Crippen molar-refractivity contribution in [2.75, 3.05) is 6.61 Å². The Labute approximate surface area is 87.1 Å². The molecular formula is C11H11FO3. The van der Waals surface area contributed by atoms with Crippen molar-refractivity contribution in [1.82, 2.24) is 0 Å². The Bertz CT molecular complexity index is 346. The molecule has 0 spiro atoms. The lowest BCUT2D eigenvalue weighted by Gasteiger charge is -2.01. The lowest BCUT2D eigenvalue weighted by molar-refractivity contribution is -0.137. The van der Waals surface area contributed by atoms with Crippen LogP contribution in [0.5, 0.6) is 5.75 Å². The van der Waals surface area contributed by atoms with Crippen LogP contribution >= 0.6 is 0 Å². The number of ether oxygens (including phenoxy) is 2. The zero-order chi connectivity index (χ0) is 11.1. The Morgan fingerprint density at radius 1 is 1.40 bits per heavy atom. The van der Waals surface area contributed by atoms with E-state index in [-0.39, 0.29) is 6.61 Å². The summed E-state index contributed by atoms with van der Waals surface area (Å²) in [6.45, 7) is 1.84. The van der Waals surface area contributed by atoms with Gasteiger partial charge in [0.15, 0.2) is 0 Å². The third-order valence-corrected chi connectivity index (χ3v) is 1.48. The molecule has 4 heteroatoms. The molecule has 0 N–H and O–H groups in total. The second-order valence-corrected chi connectivity index (χ2v) is 2.62. The van der Waals surface area contributed by atoms with Crippen LogP contribution in [0.4, 0.5) is 4.39 Å². The van der Waals surface area contributed by atoms with Gasteiger partial charge in [0.05, 0.1) is 12.7 Å². The van der Waals surface area contributed by atoms with Crippen LogP contribution in [0.15, 0.2) is 42.4 Å². The predicted molar refractivity (Wildman–Crippen MR) is 52.9 cm³/mol. The maximum Gasteiger partial charge on any atom is 0.337 e. The van der Waals surface area contributed by atoms with Crippen molar-refractivity contribution in [3.63, 3.8) is 0 Å². The number of hydrogen-bond acceptors (Lipinski definition) is 3. The van der Waals surface area contributed by atoms with Gasteiger partial charge >= 0.3 is 5.97 Å². The molecule has 0 aliphatic carbocycles. The van der Waals surface area contributed by atoms with Gasteiger partial charge in [0, 0.05) is 0 Å². The maximum atomic E-state index is 13.0. The van der Waals surface area contributed by atoms with Crippen LogP contribution in [0.25, 0.3) is 0 Å². The number of benzene rings is 1. The van der Waals surface area contributed by atoms with Gasteiger partial charge in [-0.15, -0.1) is 0 Å². The number of carbonyl (C=O) groups excluding carboxylic acids is 1. The van der Waals surface area contributed by atoms with E-state index in [4.69, 9.17) is 4.74 Å². The number of halogens is 1. The molecule has 0 atom stereocenters. The second kappa shape index (κ2) is 5.80. The summed E-state index contributed by atoms with van der Waals surface area (Å²) >= 11 is 0. The quantitative estimate of drug-likeness (QED) is 0.435. The van der Waals surface area contributed by atoms with Gasteiger partial charge in [-0.3, -0.25) is 0 Å². The Morgan fingerprint density at radius 3 is 2.67 bits per heavy atom. The lowest BCUT2D eigenvalue weighted by atomic mass is 10.3. The minimum absolute atomic E-state index is 0.202. The third-order valence-electron chi connectivity index (χ3n) is 1.48. The summed E-state index contributed by atoms with van der Waals surface area (Å²) in [4.78, 5) is 10.8. The van der Waals surface area contributed by atoms with E-state index in [1.165, 1.54) is 0 Å². The van der Waals surface area contributed by atoms with E-state index in [2.05, 4.69) is 4.74 Å². The smallest absolute Gasteiger partial charge is 0.337 e. The minimum Gasteiger partial charge on any atom is -0.463 e. The van der Waals surface area contributed by atoms with Crippen LogP contribution in [0.1, 0.15) is 6.92 Å². The van der Waals surface area contributed by atoms with Crippen molar-refractivity contribution in [2.45, 2.75) is 6.92 Å². The summed E-state index contributed by atoms with van der Waals surface area (Å²) in [6.07, 6.45) is 0.663. The fraction of sp³-hybridized carbons (Fsp3) is 0.182. The van der Waals surface area contributed by atoms with E-state index in [1.807, 2.05) is 0 Å². The first kappa shape index (κ1) is 11.2. The van der Waals surface area contributed by atoms with E-state index in [0.717, 1.165) is 0 Å². The predicted octanol–water partition coefficient (Wildman–Crippen LogP) is 2.44. The number of para-hydroxylation sites is 1. The molecule has 0 unspecified atom stereocenters. The van der Waals surface area contributed by atoms with Gasteiger partial charge in [-0.05, 0) is 19.1 Å². The summed E-state index contributed by atoms with van der Waals surface area (Å²) in [5, 5.41) is 0. The molecule has 80 valence electrons. The molecule has 0 saturated heterocycles. The zero-order valence-electron chi connectivity index (χ0n) is 8.27. The molecule has 0 radical (unpaired) electrons. The van der Waals surface area contributed by atoms with Crippen LogP contribution in [0, 0.1) is 0 Å². The standard InChI is InChI=1S/C11H11FO3/c1-2-14-11(13)8-10(12)15-9-6-4-3-5-7-9/h3-8H,2H2,1H3/b10-8+. The van der Waals surface area contributed by atoms with Crippen molar-refractivity contribution < 1.29 is 18.7 Å². The molecule has 0 aromatic heterocycles. The summed E-state index contributed by atoms with van der Waals surface area (Å²) in [5.74, 6) is -0.429. The molecule has 1 rings (SSSR count). The van der Waals surface area contributed by atoms with E-state index >= 15 is 0 Å². The Kier molecular flexibility index (Phi) is 4.34. The molecule has 0 aliphatic heterocycles. The molecule has 1 aromatic carbocycles. The van der Waals surface area contributed by atoms with Crippen LogP contribution in [-0.2, 0) is 9.53 Å². The average Bonchev–Trinajstić information content (AvgIpc) is 2.19. The summed E-state index contributed by atoms with van der Waals surface area (Å²) in [6, 6.07) is 7.36. The molecule has 1 aromatic rings. The van der Waals surface area contributed by atoms with Crippen LogP contribution in [0.2, 0.25) is 0 Å². The van der Waals surface area contributed by atoms with Gasteiger partial charge < -0.3 is 9.47 Å². The van der Waals surface area contributed by atoms with Crippen LogP contribution in [-0.4, -0.2) is 12.6 Å². The third kappa shape index (κ3) is 4.26. The van der Waals surface area contributed by atoms with Gasteiger partial charge in [-0.1, -0.05) is 18.2 Å². The van der Waals surface area contributed by atoms with Crippen molar-refractivity contribution >= 4 is 5.97 Å². The summed E-state index contributed by atoms with van der Waals surface area (Å²) in [5.41, 5.74) is 0. The van der Waals surface area contributed by atoms with E-state index < -0.39 is 12.0 Å². The first-order chi connectivity index (χ1) is 7.22. The Morgan fingerprint density at radius 2 is 2.07 bits per heavy atom.